The molecular weight excluding hydrogens is 344 g/mol. The lowest BCUT2D eigenvalue weighted by Gasteiger charge is -2.22. The van der Waals surface area contributed by atoms with Crippen LogP contribution in [0.4, 0.5) is 0 Å². The van der Waals surface area contributed by atoms with E-state index in [-0.39, 0.29) is 12.8 Å². The van der Waals surface area contributed by atoms with Crippen molar-refractivity contribution in [3.8, 4) is 0 Å². The predicted octanol–water partition coefficient (Wildman–Crippen LogP) is 1.33. The van der Waals surface area contributed by atoms with Gasteiger partial charge in [-0.25, -0.2) is 4.79 Å². The van der Waals surface area contributed by atoms with Gasteiger partial charge in [-0.1, -0.05) is 54.1 Å². The highest BCUT2D eigenvalue weighted by atomic mass is 35.5. The van der Waals surface area contributed by atoms with Gasteiger partial charge in [-0.2, -0.15) is 0 Å². The fourth-order valence-electron chi connectivity index (χ4n) is 2.47. The Hall–Kier alpha value is -2.15. The number of carboxylic acids is 1. The van der Waals surface area contributed by atoms with E-state index in [0.29, 0.717) is 12.0 Å². The summed E-state index contributed by atoms with van der Waals surface area (Å²) < 4.78 is 0. The normalized spacial score (nSPS) is 22.0. The van der Waals surface area contributed by atoms with Gasteiger partial charge in [0.05, 0.1) is 6.04 Å². The molecule has 1 aliphatic rings. The monoisotopic (exact) mass is 364 g/mol. The number of carbonyl (C=O) groups is 2. The number of hydrogen-bond acceptors (Lipinski definition) is 4. The molecule has 0 radical (unpaired) electrons. The van der Waals surface area contributed by atoms with Gasteiger partial charge < -0.3 is 21.3 Å². The zero-order valence-corrected chi connectivity index (χ0v) is 14.3. The van der Waals surface area contributed by atoms with Crippen molar-refractivity contribution in [1.29, 1.82) is 0 Å². The van der Waals surface area contributed by atoms with Crippen LogP contribution in [0.25, 0.3) is 0 Å². The Labute approximate surface area is 151 Å². The van der Waals surface area contributed by atoms with Gasteiger partial charge in [-0.3, -0.25) is 4.79 Å². The van der Waals surface area contributed by atoms with Gasteiger partial charge in [0, 0.05) is 12.8 Å². The molecule has 0 saturated carbocycles. The number of halogens is 1. The molecule has 2 rings (SSSR count). The second-order valence-corrected chi connectivity index (χ2v) is 6.69. The first-order valence-corrected chi connectivity index (χ1v) is 8.27. The van der Waals surface area contributed by atoms with Crippen LogP contribution in [0.2, 0.25) is 0 Å². The van der Waals surface area contributed by atoms with Crippen LogP contribution in [-0.4, -0.2) is 39.2 Å². The number of hydrogen-bond donors (Lipinski definition) is 4. The second kappa shape index (κ2) is 8.29. The predicted molar refractivity (Wildman–Crippen MR) is 94.9 cm³/mol. The average Bonchev–Trinajstić information content (AvgIpc) is 2.56. The highest BCUT2D eigenvalue weighted by molar-refractivity contribution is 6.24. The molecular formula is C18H21ClN2O4. The number of alkyl halides is 1. The van der Waals surface area contributed by atoms with Crippen LogP contribution < -0.4 is 11.1 Å². The minimum Gasteiger partial charge on any atom is -0.480 e. The smallest absolute Gasteiger partial charge is 0.326 e. The average molecular weight is 365 g/mol. The molecule has 1 aromatic rings. The van der Waals surface area contributed by atoms with Crippen molar-refractivity contribution in [3.63, 3.8) is 0 Å². The van der Waals surface area contributed by atoms with E-state index in [1.165, 1.54) is 6.08 Å². The van der Waals surface area contributed by atoms with Crippen LogP contribution in [0.1, 0.15) is 18.4 Å². The Bertz CT molecular complexity index is 686. The first-order chi connectivity index (χ1) is 11.8. The molecule has 0 bridgehead atoms. The van der Waals surface area contributed by atoms with E-state index in [1.54, 1.807) is 12.2 Å². The largest absolute Gasteiger partial charge is 0.480 e. The molecule has 5 N–H and O–H groups in total. The van der Waals surface area contributed by atoms with Crippen LogP contribution >= 0.6 is 11.6 Å². The molecule has 0 fully saturated rings. The Morgan fingerprint density at radius 3 is 2.52 bits per heavy atom. The molecule has 7 heteroatoms. The molecule has 1 aromatic carbocycles. The van der Waals surface area contributed by atoms with Crippen LogP contribution in [0.15, 0.2) is 54.1 Å². The van der Waals surface area contributed by atoms with E-state index < -0.39 is 29.0 Å². The summed E-state index contributed by atoms with van der Waals surface area (Å²) in [6, 6.07) is 7.32. The summed E-state index contributed by atoms with van der Waals surface area (Å²) in [6.07, 6.45) is 5.19. The molecule has 1 amide bonds. The molecule has 1 aliphatic carbocycles. The number of carbonyl (C=O) groups excluding carboxylic acids is 1. The molecule has 1 unspecified atom stereocenters. The molecule has 6 nitrogen and oxygen atoms in total. The Morgan fingerprint density at radius 1 is 1.28 bits per heavy atom. The fraction of sp³-hybridized carbons (Fsp3) is 0.333. The SMILES string of the molecule is N[C@@H](Cc1ccccc1)C(=O)N[C@@H](CC1=CCC(O)(Cl)C=C1)C(=O)O. The van der Waals surface area contributed by atoms with Gasteiger partial charge in [0.1, 0.15) is 6.04 Å². The third-order valence-corrected chi connectivity index (χ3v) is 4.17. The van der Waals surface area contributed by atoms with Gasteiger partial charge >= 0.3 is 5.97 Å². The summed E-state index contributed by atoms with van der Waals surface area (Å²) in [7, 11) is 0. The van der Waals surface area contributed by atoms with E-state index in [0.717, 1.165) is 5.56 Å². The van der Waals surface area contributed by atoms with Crippen molar-refractivity contribution in [2.45, 2.75) is 36.4 Å². The standard InChI is InChI=1S/C18H21ClN2O4/c19-18(25)8-6-13(7-9-18)11-15(17(23)24)21-16(22)14(20)10-12-4-2-1-3-5-12/h1-8,14-15,25H,9-11,20H2,(H,21,22)(H,23,24)/t14-,15-,18?/m0/s1. The van der Waals surface area contributed by atoms with Crippen LogP contribution in [0.3, 0.4) is 0 Å². The molecule has 0 spiro atoms. The zero-order chi connectivity index (χ0) is 18.4. The maximum Gasteiger partial charge on any atom is 0.326 e. The van der Waals surface area contributed by atoms with Gasteiger partial charge in [0.25, 0.3) is 0 Å². The number of aliphatic hydroxyl groups is 1. The van der Waals surface area contributed by atoms with E-state index in [2.05, 4.69) is 5.32 Å². The van der Waals surface area contributed by atoms with Crippen molar-refractivity contribution in [2.24, 2.45) is 5.73 Å². The molecule has 3 atom stereocenters. The van der Waals surface area contributed by atoms with Crippen molar-refractivity contribution in [1.82, 2.24) is 5.32 Å². The topological polar surface area (TPSA) is 113 Å². The maximum absolute atomic E-state index is 12.2. The van der Waals surface area contributed by atoms with Crippen molar-refractivity contribution >= 4 is 23.5 Å². The van der Waals surface area contributed by atoms with Gasteiger partial charge in [-0.05, 0) is 23.6 Å². The number of aliphatic carboxylic acids is 1. The number of rotatable bonds is 7. The number of amides is 1. The van der Waals surface area contributed by atoms with Crippen molar-refractivity contribution in [3.05, 3.63) is 59.7 Å². The van der Waals surface area contributed by atoms with Gasteiger partial charge in [0.15, 0.2) is 5.06 Å². The third kappa shape index (κ3) is 6.01. The fourth-order valence-corrected chi connectivity index (χ4v) is 2.61. The molecule has 25 heavy (non-hydrogen) atoms. The summed E-state index contributed by atoms with van der Waals surface area (Å²) >= 11 is 5.76. The highest BCUT2D eigenvalue weighted by Gasteiger charge is 2.26. The van der Waals surface area contributed by atoms with Crippen molar-refractivity contribution < 1.29 is 19.8 Å². The molecule has 0 aromatic heterocycles. The minimum atomic E-state index is -1.44. The third-order valence-electron chi connectivity index (χ3n) is 3.89. The summed E-state index contributed by atoms with van der Waals surface area (Å²) in [5.74, 6) is -1.67. The van der Waals surface area contributed by atoms with Gasteiger partial charge in [0.2, 0.25) is 5.91 Å². The first-order valence-electron chi connectivity index (χ1n) is 7.89. The Morgan fingerprint density at radius 2 is 1.96 bits per heavy atom. The highest BCUT2D eigenvalue weighted by Crippen LogP contribution is 2.26. The number of allylic oxidation sites excluding steroid dienone is 1. The Kier molecular flexibility index (Phi) is 6.36. The quantitative estimate of drug-likeness (QED) is 0.545. The lowest BCUT2D eigenvalue weighted by Crippen LogP contribution is -2.49. The molecule has 0 heterocycles. The molecule has 0 aliphatic heterocycles. The molecule has 134 valence electrons. The van der Waals surface area contributed by atoms with Crippen LogP contribution in [0, 0.1) is 0 Å². The number of benzene rings is 1. The summed E-state index contributed by atoms with van der Waals surface area (Å²) in [5.41, 5.74) is 7.46. The summed E-state index contributed by atoms with van der Waals surface area (Å²) in [5, 5.41) is 20.0. The number of carboxylic acid groups (broad SMARTS) is 1. The summed E-state index contributed by atoms with van der Waals surface area (Å²) in [6.45, 7) is 0. The number of nitrogens with one attached hydrogen (secondary N) is 1. The maximum atomic E-state index is 12.2. The van der Waals surface area contributed by atoms with Gasteiger partial charge in [-0.15, -0.1) is 0 Å². The summed E-state index contributed by atoms with van der Waals surface area (Å²) in [4.78, 5) is 23.6. The van der Waals surface area contributed by atoms with E-state index in [4.69, 9.17) is 17.3 Å². The lowest BCUT2D eigenvalue weighted by atomic mass is 9.98. The number of nitrogens with two attached hydrogens (primary N) is 1. The van der Waals surface area contributed by atoms with E-state index in [1.807, 2.05) is 30.3 Å². The minimum absolute atomic E-state index is 0.0859. The lowest BCUT2D eigenvalue weighted by molar-refractivity contribution is -0.141. The van der Waals surface area contributed by atoms with Crippen LogP contribution in [0.5, 0.6) is 0 Å². The second-order valence-electron chi connectivity index (χ2n) is 6.03. The Balaban J connectivity index is 1.94. The molecule has 0 saturated heterocycles. The van der Waals surface area contributed by atoms with E-state index in [9.17, 15) is 19.8 Å². The van der Waals surface area contributed by atoms with Crippen LogP contribution in [-0.2, 0) is 16.0 Å². The van der Waals surface area contributed by atoms with E-state index >= 15 is 0 Å². The van der Waals surface area contributed by atoms with Crippen molar-refractivity contribution in [2.75, 3.05) is 0 Å². The first kappa shape index (κ1) is 19.2. The zero-order valence-electron chi connectivity index (χ0n) is 13.6.